The van der Waals surface area contributed by atoms with E-state index in [0.29, 0.717) is 10.8 Å². The fourth-order valence-corrected chi connectivity index (χ4v) is 10.2. The highest BCUT2D eigenvalue weighted by molar-refractivity contribution is 6.27. The van der Waals surface area contributed by atoms with Crippen molar-refractivity contribution in [3.63, 3.8) is 0 Å². The molecule has 10 aromatic carbocycles. The van der Waals surface area contributed by atoms with Crippen LogP contribution in [0.4, 0.5) is 0 Å². The first-order chi connectivity index (χ1) is 38.4. The highest BCUT2D eigenvalue weighted by Crippen LogP contribution is 2.37. The van der Waals surface area contributed by atoms with Crippen molar-refractivity contribution in [1.29, 1.82) is 0 Å². The summed E-state index contributed by atoms with van der Waals surface area (Å²) in [6.45, 7) is 1.29. The first kappa shape index (κ1) is 51.8. The van der Waals surface area contributed by atoms with Gasteiger partial charge in [-0.1, -0.05) is 267 Å². The van der Waals surface area contributed by atoms with Crippen molar-refractivity contribution < 1.29 is 19.2 Å². The van der Waals surface area contributed by atoms with Gasteiger partial charge in [-0.3, -0.25) is 19.2 Å². The summed E-state index contributed by atoms with van der Waals surface area (Å²) in [5.74, 6) is -2.05. The van der Waals surface area contributed by atoms with Gasteiger partial charge in [0.2, 0.25) is 0 Å². The minimum atomic E-state index is -0.564. The van der Waals surface area contributed by atoms with Crippen LogP contribution >= 0.6 is 0 Å². The van der Waals surface area contributed by atoms with Crippen LogP contribution in [0.3, 0.4) is 0 Å². The van der Waals surface area contributed by atoms with Gasteiger partial charge in [-0.15, -0.1) is 0 Å². The molecule has 8 heteroatoms. The summed E-state index contributed by atoms with van der Waals surface area (Å²) in [5, 5.41) is 0.765. The van der Waals surface area contributed by atoms with Gasteiger partial charge in [0.15, 0.2) is 0 Å². The first-order valence-corrected chi connectivity index (χ1v) is 26.4. The van der Waals surface area contributed by atoms with Gasteiger partial charge in [0.25, 0.3) is 23.6 Å². The summed E-state index contributed by atoms with van der Waals surface area (Å²) in [6, 6.07) is 85.3. The Morgan fingerprint density at radius 3 is 0.500 bits per heavy atom. The summed E-state index contributed by atoms with van der Waals surface area (Å²) in [7, 11) is 0. The Balaban J connectivity index is 1.29. The lowest BCUT2D eigenvalue weighted by atomic mass is 9.85. The second-order valence-electron chi connectivity index (χ2n) is 19.6. The third-order valence-electron chi connectivity index (χ3n) is 14.0. The second kappa shape index (κ2) is 25.2. The Bertz CT molecular complexity index is 3180. The van der Waals surface area contributed by atoms with Crippen LogP contribution in [0.25, 0.3) is 10.8 Å². The molecule has 0 radical (unpaired) electrons. The lowest BCUT2D eigenvalue weighted by molar-refractivity contribution is 0.0663. The molecule has 10 aromatic rings. The van der Waals surface area contributed by atoms with Crippen molar-refractivity contribution in [2.24, 2.45) is 0 Å². The minimum absolute atomic E-state index is 0.0468. The molecule has 0 aromatic heterocycles. The number of hydrogen-bond donors (Lipinski definition) is 0. The first-order valence-electron chi connectivity index (χ1n) is 26.4. The van der Waals surface area contributed by atoms with E-state index in [1.165, 1.54) is 0 Å². The third kappa shape index (κ3) is 12.7. The molecular weight excluding hydrogens is 961 g/mol. The van der Waals surface area contributed by atoms with E-state index in [9.17, 15) is 0 Å². The monoisotopic (exact) mass is 1020 g/mol. The van der Waals surface area contributed by atoms with Crippen LogP contribution in [0, 0.1) is 0 Å². The Hall–Kier alpha value is -9.66. The average molecular weight is 1020 g/mol. The zero-order valence-electron chi connectivity index (χ0n) is 43.5. The summed E-state index contributed by atoms with van der Waals surface area (Å²) < 4.78 is 0. The maximum Gasteiger partial charge on any atom is 0.256 e. The summed E-state index contributed by atoms with van der Waals surface area (Å²) in [6.07, 6.45) is 0. The number of nitrogens with zero attached hydrogens (tertiary/aromatic N) is 4. The molecule has 0 unspecified atom stereocenters. The van der Waals surface area contributed by atoms with Gasteiger partial charge in [-0.05, 0) is 55.3 Å². The number of carbonyl (C=O) groups excluding carboxylic acids is 4. The maximum atomic E-state index is 16.9. The van der Waals surface area contributed by atoms with E-state index in [1.807, 2.05) is 267 Å². The van der Waals surface area contributed by atoms with E-state index in [1.54, 1.807) is 19.6 Å². The topological polar surface area (TPSA) is 81.2 Å². The molecule has 0 aliphatic rings. The van der Waals surface area contributed by atoms with Crippen molar-refractivity contribution >= 4 is 34.4 Å². The molecule has 0 bridgehead atoms. The van der Waals surface area contributed by atoms with Crippen LogP contribution in [-0.4, -0.2) is 43.2 Å². The molecule has 0 fully saturated rings. The summed E-state index contributed by atoms with van der Waals surface area (Å²) in [4.78, 5) is 73.9. The third-order valence-corrected chi connectivity index (χ3v) is 14.0. The van der Waals surface area contributed by atoms with Gasteiger partial charge in [-0.25, -0.2) is 0 Å². The molecule has 0 saturated carbocycles. The van der Waals surface area contributed by atoms with E-state index < -0.39 is 23.6 Å². The number of benzene rings is 10. The average Bonchev–Trinajstić information content (AvgIpc) is 3.63. The molecular formula is C70H60N4O4. The van der Waals surface area contributed by atoms with E-state index in [2.05, 4.69) is 0 Å². The SMILES string of the molecule is O=C(c1c(C(=O)N(Cc2ccccc2)Cc2ccccc2)c(C(=O)N(Cc2ccccc2)Cc2ccccc2)c2ccccc2c1C(=O)N(Cc1ccccc1)Cc1ccccc1)N(Cc1ccccc1)Cc1ccccc1. The highest BCUT2D eigenvalue weighted by atomic mass is 16.2. The lowest BCUT2D eigenvalue weighted by Gasteiger charge is -2.32. The smallest absolute Gasteiger partial charge is 0.256 e. The molecule has 0 atom stereocenters. The van der Waals surface area contributed by atoms with Gasteiger partial charge in [-0.2, -0.15) is 0 Å². The van der Waals surface area contributed by atoms with Gasteiger partial charge >= 0.3 is 0 Å². The number of hydrogen-bond acceptors (Lipinski definition) is 4. The summed E-state index contributed by atoms with van der Waals surface area (Å²) in [5.41, 5.74) is 6.75. The van der Waals surface area contributed by atoms with Gasteiger partial charge in [0.1, 0.15) is 0 Å². The molecule has 384 valence electrons. The van der Waals surface area contributed by atoms with Crippen LogP contribution in [0.15, 0.2) is 267 Å². The standard InChI is InChI=1S/C70H60N4O4/c75-67(71(45-53-27-9-1-10-28-53)46-54-29-11-2-12-30-54)63-61-43-25-26-44-62(61)64(68(76)72(47-55-31-13-3-14-32-55)48-56-33-15-4-16-34-56)66(70(78)74(51-59-39-21-7-22-40-59)52-60-41-23-8-24-42-60)65(63)69(77)73(49-57-35-17-5-18-36-57)50-58-37-19-6-20-38-58/h1-44H,45-52H2. The molecule has 0 saturated heterocycles. The molecule has 0 N–H and O–H groups in total. The molecule has 0 aliphatic carbocycles. The fourth-order valence-electron chi connectivity index (χ4n) is 10.2. The van der Waals surface area contributed by atoms with Crippen molar-refractivity contribution in [2.45, 2.75) is 52.4 Å². The van der Waals surface area contributed by atoms with Crippen molar-refractivity contribution in [3.05, 3.63) is 334 Å². The highest BCUT2D eigenvalue weighted by Gasteiger charge is 2.39. The predicted molar refractivity (Wildman–Crippen MR) is 310 cm³/mol. The molecule has 0 aliphatic heterocycles. The largest absolute Gasteiger partial charge is 0.330 e. The van der Waals surface area contributed by atoms with Gasteiger partial charge < -0.3 is 19.6 Å². The van der Waals surface area contributed by atoms with E-state index in [-0.39, 0.29) is 74.6 Å². The number of amides is 4. The van der Waals surface area contributed by atoms with Gasteiger partial charge in [0.05, 0.1) is 22.3 Å². The molecule has 0 spiro atoms. The normalized spacial score (nSPS) is 10.9. The van der Waals surface area contributed by atoms with E-state index >= 15 is 19.2 Å². The van der Waals surface area contributed by atoms with Crippen LogP contribution < -0.4 is 0 Å². The van der Waals surface area contributed by atoms with Crippen molar-refractivity contribution in [1.82, 2.24) is 19.6 Å². The molecule has 4 amide bonds. The van der Waals surface area contributed by atoms with E-state index in [0.717, 1.165) is 44.5 Å². The van der Waals surface area contributed by atoms with Crippen LogP contribution in [-0.2, 0) is 52.4 Å². The van der Waals surface area contributed by atoms with Crippen LogP contribution in [0.2, 0.25) is 0 Å². The van der Waals surface area contributed by atoms with Crippen LogP contribution in [0.5, 0.6) is 0 Å². The second-order valence-corrected chi connectivity index (χ2v) is 19.6. The molecule has 0 heterocycles. The predicted octanol–water partition coefficient (Wildman–Crippen LogP) is 14.2. The fraction of sp³-hybridized carbons (Fsp3) is 0.114. The van der Waals surface area contributed by atoms with E-state index in [4.69, 9.17) is 0 Å². The van der Waals surface area contributed by atoms with Crippen molar-refractivity contribution in [2.75, 3.05) is 0 Å². The van der Waals surface area contributed by atoms with Crippen molar-refractivity contribution in [3.8, 4) is 0 Å². The summed E-state index contributed by atoms with van der Waals surface area (Å²) >= 11 is 0. The molecule has 8 nitrogen and oxygen atoms in total. The Morgan fingerprint density at radius 1 is 0.192 bits per heavy atom. The zero-order chi connectivity index (χ0) is 53.5. The lowest BCUT2D eigenvalue weighted by Crippen LogP contribution is -2.40. The Morgan fingerprint density at radius 2 is 0.333 bits per heavy atom. The zero-order valence-corrected chi connectivity index (χ0v) is 43.5. The molecule has 78 heavy (non-hydrogen) atoms. The number of rotatable bonds is 20. The Labute approximate surface area is 457 Å². The number of carbonyl (C=O) groups is 4. The molecule has 10 rings (SSSR count). The maximum absolute atomic E-state index is 16.9. The van der Waals surface area contributed by atoms with Gasteiger partial charge in [0, 0.05) is 52.4 Å². The Kier molecular flexibility index (Phi) is 16.8. The quantitative estimate of drug-likeness (QED) is 0.0762. The minimum Gasteiger partial charge on any atom is -0.330 e. The van der Waals surface area contributed by atoms with Crippen LogP contribution in [0.1, 0.15) is 85.9 Å². The number of fused-ring (bicyclic) bond motifs is 1.